The fourth-order valence-electron chi connectivity index (χ4n) is 1.74. The van der Waals surface area contributed by atoms with Crippen molar-refractivity contribution in [2.45, 2.75) is 24.9 Å². The summed E-state index contributed by atoms with van der Waals surface area (Å²) in [5.41, 5.74) is 0.600. The zero-order chi connectivity index (χ0) is 14.0. The summed E-state index contributed by atoms with van der Waals surface area (Å²) in [6, 6.07) is 5.57. The molecule has 1 heterocycles. The topological polar surface area (TPSA) is 47.0 Å². The molecule has 2 aromatic rings. The Morgan fingerprint density at radius 1 is 1.32 bits per heavy atom. The highest BCUT2D eigenvalue weighted by Crippen LogP contribution is 2.27. The van der Waals surface area contributed by atoms with E-state index < -0.39 is 15.1 Å². The lowest BCUT2D eigenvalue weighted by molar-refractivity contribution is 0.585. The number of halogens is 1. The summed E-state index contributed by atoms with van der Waals surface area (Å²) in [6.45, 7) is 3.46. The average Bonchev–Trinajstić information content (AvgIpc) is 2.74. The third kappa shape index (κ3) is 3.39. The molecule has 0 bridgehead atoms. The zero-order valence-corrected chi connectivity index (χ0v) is 12.3. The molecule has 1 aromatic heterocycles. The van der Waals surface area contributed by atoms with Gasteiger partial charge in [0, 0.05) is 11.1 Å². The number of aryl methyl sites for hydroxylation is 1. The Balaban J connectivity index is 2.21. The first-order chi connectivity index (χ1) is 8.88. The van der Waals surface area contributed by atoms with Gasteiger partial charge in [-0.3, -0.25) is 0 Å². The SMILES string of the molecule is Cc1ncc(CS(=O)(=O)C(C)c2ccc(F)cc2)s1. The van der Waals surface area contributed by atoms with Crippen molar-refractivity contribution in [1.82, 2.24) is 4.98 Å². The molecule has 0 saturated carbocycles. The van der Waals surface area contributed by atoms with Crippen molar-refractivity contribution in [1.29, 1.82) is 0 Å². The van der Waals surface area contributed by atoms with Crippen LogP contribution in [0.3, 0.4) is 0 Å². The van der Waals surface area contributed by atoms with Crippen molar-refractivity contribution in [3.63, 3.8) is 0 Å². The first-order valence-electron chi connectivity index (χ1n) is 5.77. The van der Waals surface area contributed by atoms with E-state index in [9.17, 15) is 12.8 Å². The van der Waals surface area contributed by atoms with E-state index >= 15 is 0 Å². The van der Waals surface area contributed by atoms with Crippen molar-refractivity contribution < 1.29 is 12.8 Å². The zero-order valence-electron chi connectivity index (χ0n) is 10.6. The molecule has 102 valence electrons. The number of hydrogen-bond acceptors (Lipinski definition) is 4. The summed E-state index contributed by atoms with van der Waals surface area (Å²) in [4.78, 5) is 4.78. The molecule has 1 aromatic carbocycles. The Morgan fingerprint density at radius 2 is 1.95 bits per heavy atom. The van der Waals surface area contributed by atoms with Crippen LogP contribution in [-0.4, -0.2) is 13.4 Å². The number of sulfone groups is 1. The van der Waals surface area contributed by atoms with Crippen molar-refractivity contribution in [3.8, 4) is 0 Å². The summed E-state index contributed by atoms with van der Waals surface area (Å²) < 4.78 is 37.4. The van der Waals surface area contributed by atoms with Gasteiger partial charge in [0.15, 0.2) is 9.84 Å². The lowest BCUT2D eigenvalue weighted by atomic mass is 10.2. The number of rotatable bonds is 4. The summed E-state index contributed by atoms with van der Waals surface area (Å²) in [5.74, 6) is -0.400. The molecule has 1 atom stereocenters. The van der Waals surface area contributed by atoms with Crippen LogP contribution in [0.1, 0.15) is 27.6 Å². The molecule has 0 saturated heterocycles. The third-order valence-electron chi connectivity index (χ3n) is 2.89. The largest absolute Gasteiger partial charge is 0.250 e. The van der Waals surface area contributed by atoms with Crippen LogP contribution < -0.4 is 0 Å². The van der Waals surface area contributed by atoms with Crippen LogP contribution in [0.4, 0.5) is 4.39 Å². The highest BCUT2D eigenvalue weighted by atomic mass is 32.2. The average molecular weight is 299 g/mol. The Labute approximate surface area is 116 Å². The van der Waals surface area contributed by atoms with Gasteiger partial charge in [-0.15, -0.1) is 11.3 Å². The fraction of sp³-hybridized carbons (Fsp3) is 0.308. The number of aromatic nitrogens is 1. The third-order valence-corrected chi connectivity index (χ3v) is 6.05. The molecule has 1 unspecified atom stereocenters. The van der Waals surface area contributed by atoms with Gasteiger partial charge in [0.05, 0.1) is 16.0 Å². The highest BCUT2D eigenvalue weighted by Gasteiger charge is 2.23. The summed E-state index contributed by atoms with van der Waals surface area (Å²) >= 11 is 1.38. The maximum Gasteiger partial charge on any atom is 0.162 e. The normalized spacial score (nSPS) is 13.4. The minimum absolute atomic E-state index is 0.0307. The highest BCUT2D eigenvalue weighted by molar-refractivity contribution is 7.91. The van der Waals surface area contributed by atoms with Gasteiger partial charge in [-0.2, -0.15) is 0 Å². The van der Waals surface area contributed by atoms with Crippen LogP contribution in [0.25, 0.3) is 0 Å². The quantitative estimate of drug-likeness (QED) is 0.870. The van der Waals surface area contributed by atoms with E-state index in [1.54, 1.807) is 13.1 Å². The molecule has 0 aliphatic rings. The monoisotopic (exact) mass is 299 g/mol. The number of thiazole rings is 1. The molecule has 6 heteroatoms. The van der Waals surface area contributed by atoms with E-state index in [-0.39, 0.29) is 11.6 Å². The Bertz CT molecular complexity index is 662. The molecule has 0 spiro atoms. The summed E-state index contributed by atoms with van der Waals surface area (Å²) in [5, 5.41) is 0.190. The van der Waals surface area contributed by atoms with Crippen molar-refractivity contribution in [2.75, 3.05) is 0 Å². The van der Waals surface area contributed by atoms with Gasteiger partial charge in [0.25, 0.3) is 0 Å². The number of hydrogen-bond donors (Lipinski definition) is 0. The van der Waals surface area contributed by atoms with Crippen LogP contribution in [0.15, 0.2) is 30.5 Å². The van der Waals surface area contributed by atoms with Crippen LogP contribution in [0, 0.1) is 12.7 Å². The van der Waals surface area contributed by atoms with Gasteiger partial charge in [0.2, 0.25) is 0 Å². The Hall–Kier alpha value is -1.27. The second-order valence-electron chi connectivity index (χ2n) is 4.35. The number of benzene rings is 1. The minimum Gasteiger partial charge on any atom is -0.250 e. The maximum atomic E-state index is 12.8. The van der Waals surface area contributed by atoms with Gasteiger partial charge in [-0.25, -0.2) is 17.8 Å². The predicted octanol–water partition coefficient (Wildman–Crippen LogP) is 3.27. The lowest BCUT2D eigenvalue weighted by Crippen LogP contribution is -2.12. The van der Waals surface area contributed by atoms with Crippen molar-refractivity contribution in [2.24, 2.45) is 0 Å². The lowest BCUT2D eigenvalue weighted by Gasteiger charge is -2.12. The summed E-state index contributed by atoms with van der Waals surface area (Å²) in [7, 11) is -3.32. The van der Waals surface area contributed by atoms with E-state index in [2.05, 4.69) is 4.98 Å². The molecule has 2 rings (SSSR count). The van der Waals surface area contributed by atoms with Crippen LogP contribution in [0.2, 0.25) is 0 Å². The molecule has 0 radical (unpaired) electrons. The van der Waals surface area contributed by atoms with Crippen LogP contribution >= 0.6 is 11.3 Å². The molecule has 0 aliphatic heterocycles. The van der Waals surface area contributed by atoms with Gasteiger partial charge in [0.1, 0.15) is 5.82 Å². The first kappa shape index (κ1) is 14.1. The standard InChI is InChI=1S/C13H14FNO2S2/c1-9(11-3-5-12(14)6-4-11)19(16,17)8-13-7-15-10(2)18-13/h3-7,9H,8H2,1-2H3. The Kier molecular flexibility index (Phi) is 4.01. The smallest absolute Gasteiger partial charge is 0.162 e. The van der Waals surface area contributed by atoms with E-state index in [0.29, 0.717) is 5.56 Å². The van der Waals surface area contributed by atoms with Crippen LogP contribution in [0.5, 0.6) is 0 Å². The molecule has 3 nitrogen and oxygen atoms in total. The van der Waals surface area contributed by atoms with E-state index in [1.165, 1.54) is 35.6 Å². The minimum atomic E-state index is -3.32. The van der Waals surface area contributed by atoms with Gasteiger partial charge in [-0.1, -0.05) is 12.1 Å². The predicted molar refractivity (Wildman–Crippen MR) is 74.3 cm³/mol. The maximum absolute atomic E-state index is 12.8. The molecular weight excluding hydrogens is 285 g/mol. The first-order valence-corrected chi connectivity index (χ1v) is 8.30. The van der Waals surface area contributed by atoms with E-state index in [1.807, 2.05) is 6.92 Å². The fourth-order valence-corrected chi connectivity index (χ4v) is 4.35. The molecule has 0 amide bonds. The van der Waals surface area contributed by atoms with Crippen molar-refractivity contribution >= 4 is 21.2 Å². The van der Waals surface area contributed by atoms with Gasteiger partial charge in [-0.05, 0) is 31.5 Å². The molecule has 0 aliphatic carbocycles. The van der Waals surface area contributed by atoms with Crippen molar-refractivity contribution in [3.05, 3.63) is 51.7 Å². The van der Waals surface area contributed by atoms with Gasteiger partial charge >= 0.3 is 0 Å². The van der Waals surface area contributed by atoms with E-state index in [4.69, 9.17) is 0 Å². The molecular formula is C13H14FNO2S2. The van der Waals surface area contributed by atoms with Crippen LogP contribution in [-0.2, 0) is 15.6 Å². The second kappa shape index (κ2) is 5.38. The van der Waals surface area contributed by atoms with E-state index in [0.717, 1.165) is 9.88 Å². The Morgan fingerprint density at radius 3 is 2.47 bits per heavy atom. The molecule has 0 fully saturated rings. The molecule has 19 heavy (non-hydrogen) atoms. The second-order valence-corrected chi connectivity index (χ2v) is 7.99. The van der Waals surface area contributed by atoms with Gasteiger partial charge < -0.3 is 0 Å². The molecule has 0 N–H and O–H groups in total. The number of nitrogens with zero attached hydrogens (tertiary/aromatic N) is 1. The summed E-state index contributed by atoms with van der Waals surface area (Å²) in [6.07, 6.45) is 1.59.